The van der Waals surface area contributed by atoms with E-state index < -0.39 is 0 Å². The maximum Gasteiger partial charge on any atom is 0.0591 e. The lowest BCUT2D eigenvalue weighted by atomic mass is 10.3. The Morgan fingerprint density at radius 1 is 1.50 bits per heavy atom. The molecule has 0 amide bonds. The Labute approximate surface area is 90.3 Å². The van der Waals surface area contributed by atoms with Crippen molar-refractivity contribution in [3.8, 4) is 0 Å². The molecule has 0 aromatic carbocycles. The van der Waals surface area contributed by atoms with Crippen molar-refractivity contribution in [1.82, 2.24) is 5.32 Å². The van der Waals surface area contributed by atoms with Crippen LogP contribution in [0.3, 0.4) is 0 Å². The highest BCUT2D eigenvalue weighted by molar-refractivity contribution is 7.10. The van der Waals surface area contributed by atoms with Gasteiger partial charge < -0.3 is 10.1 Å². The molecule has 0 saturated carbocycles. The van der Waals surface area contributed by atoms with Gasteiger partial charge in [0.05, 0.1) is 6.61 Å². The molecule has 1 aromatic heterocycles. The van der Waals surface area contributed by atoms with E-state index in [2.05, 4.69) is 36.7 Å². The van der Waals surface area contributed by atoms with Gasteiger partial charge in [0, 0.05) is 24.1 Å². The van der Waals surface area contributed by atoms with E-state index in [0.29, 0.717) is 6.04 Å². The fourth-order valence-corrected chi connectivity index (χ4v) is 1.99. The molecule has 80 valence electrons. The third-order valence-corrected chi connectivity index (χ3v) is 3.07. The Hall–Kier alpha value is -0.380. The first-order valence-corrected chi connectivity index (χ1v) is 6.07. The molecule has 2 nitrogen and oxygen atoms in total. The van der Waals surface area contributed by atoms with Crippen LogP contribution in [0.5, 0.6) is 0 Å². The molecule has 0 radical (unpaired) electrons. The molecule has 1 heterocycles. The van der Waals surface area contributed by atoms with E-state index in [-0.39, 0.29) is 0 Å². The Morgan fingerprint density at radius 2 is 2.36 bits per heavy atom. The topological polar surface area (TPSA) is 21.3 Å². The summed E-state index contributed by atoms with van der Waals surface area (Å²) in [7, 11) is 0. The highest BCUT2D eigenvalue weighted by atomic mass is 32.1. The van der Waals surface area contributed by atoms with Crippen LogP contribution in [-0.2, 0) is 4.74 Å². The van der Waals surface area contributed by atoms with Crippen molar-refractivity contribution in [2.45, 2.75) is 26.3 Å². The monoisotopic (exact) mass is 213 g/mol. The summed E-state index contributed by atoms with van der Waals surface area (Å²) in [4.78, 5) is 1.39. The van der Waals surface area contributed by atoms with Crippen molar-refractivity contribution >= 4 is 11.3 Å². The average molecular weight is 213 g/mol. The van der Waals surface area contributed by atoms with Crippen molar-refractivity contribution in [2.75, 3.05) is 19.8 Å². The molecule has 1 unspecified atom stereocenters. The Bertz CT molecular complexity index is 223. The minimum Gasteiger partial charge on any atom is -0.380 e. The molecule has 1 aromatic rings. The Kier molecular flexibility index (Phi) is 5.83. The van der Waals surface area contributed by atoms with Crippen molar-refractivity contribution in [1.29, 1.82) is 0 Å². The number of hydrogen-bond donors (Lipinski definition) is 1. The van der Waals surface area contributed by atoms with Crippen LogP contribution in [0.25, 0.3) is 0 Å². The molecule has 0 saturated heterocycles. The molecule has 0 aliphatic rings. The van der Waals surface area contributed by atoms with E-state index in [4.69, 9.17) is 4.74 Å². The highest BCUT2D eigenvalue weighted by Gasteiger charge is 2.03. The standard InChI is InChI=1S/C11H19NOS/c1-3-7-13-8-6-12-10(2)11-5-4-9-14-11/h4-5,9-10,12H,3,6-8H2,1-2H3. The van der Waals surface area contributed by atoms with E-state index in [0.717, 1.165) is 26.2 Å². The van der Waals surface area contributed by atoms with Crippen molar-refractivity contribution in [2.24, 2.45) is 0 Å². The lowest BCUT2D eigenvalue weighted by Gasteiger charge is -2.11. The molecule has 0 spiro atoms. The Balaban J connectivity index is 2.07. The molecular formula is C11H19NOS. The Morgan fingerprint density at radius 3 is 3.00 bits per heavy atom. The molecule has 14 heavy (non-hydrogen) atoms. The molecule has 0 fully saturated rings. The number of hydrogen-bond acceptors (Lipinski definition) is 3. The van der Waals surface area contributed by atoms with Gasteiger partial charge in [0.2, 0.25) is 0 Å². The predicted molar refractivity (Wildman–Crippen MR) is 61.8 cm³/mol. The smallest absolute Gasteiger partial charge is 0.0591 e. The predicted octanol–water partition coefficient (Wildman–Crippen LogP) is 2.83. The maximum absolute atomic E-state index is 5.39. The van der Waals surface area contributed by atoms with E-state index in [9.17, 15) is 0 Å². The van der Waals surface area contributed by atoms with Crippen LogP contribution in [0.2, 0.25) is 0 Å². The van der Waals surface area contributed by atoms with Gasteiger partial charge in [-0.2, -0.15) is 0 Å². The van der Waals surface area contributed by atoms with Gasteiger partial charge in [-0.15, -0.1) is 11.3 Å². The summed E-state index contributed by atoms with van der Waals surface area (Å²) in [5.74, 6) is 0. The zero-order valence-corrected chi connectivity index (χ0v) is 9.77. The van der Waals surface area contributed by atoms with Crippen molar-refractivity contribution in [3.05, 3.63) is 22.4 Å². The van der Waals surface area contributed by atoms with Gasteiger partial charge in [-0.3, -0.25) is 0 Å². The fraction of sp³-hybridized carbons (Fsp3) is 0.636. The zero-order valence-electron chi connectivity index (χ0n) is 8.95. The first-order chi connectivity index (χ1) is 6.84. The summed E-state index contributed by atoms with van der Waals surface area (Å²) in [6.07, 6.45) is 1.10. The van der Waals surface area contributed by atoms with Crippen LogP contribution in [0, 0.1) is 0 Å². The van der Waals surface area contributed by atoms with Gasteiger partial charge in [0.25, 0.3) is 0 Å². The minimum absolute atomic E-state index is 0.445. The third kappa shape index (κ3) is 4.22. The summed E-state index contributed by atoms with van der Waals surface area (Å²) in [6, 6.07) is 4.70. The molecule has 1 N–H and O–H groups in total. The van der Waals surface area contributed by atoms with Gasteiger partial charge in [-0.1, -0.05) is 13.0 Å². The largest absolute Gasteiger partial charge is 0.380 e. The van der Waals surface area contributed by atoms with E-state index in [1.807, 2.05) is 0 Å². The molecule has 1 atom stereocenters. The normalized spacial score (nSPS) is 13.0. The summed E-state index contributed by atoms with van der Waals surface area (Å²) >= 11 is 1.80. The minimum atomic E-state index is 0.445. The van der Waals surface area contributed by atoms with Gasteiger partial charge in [-0.25, -0.2) is 0 Å². The van der Waals surface area contributed by atoms with Crippen LogP contribution in [0.1, 0.15) is 31.2 Å². The van der Waals surface area contributed by atoms with Crippen LogP contribution < -0.4 is 5.32 Å². The summed E-state index contributed by atoms with van der Waals surface area (Å²) in [6.45, 7) is 6.92. The molecule has 0 aliphatic carbocycles. The van der Waals surface area contributed by atoms with Crippen LogP contribution in [0.4, 0.5) is 0 Å². The molecule has 0 bridgehead atoms. The van der Waals surface area contributed by atoms with Crippen LogP contribution in [-0.4, -0.2) is 19.8 Å². The number of nitrogens with one attached hydrogen (secondary N) is 1. The molecular weight excluding hydrogens is 194 g/mol. The SMILES string of the molecule is CCCOCCNC(C)c1cccs1. The molecule has 0 aliphatic heterocycles. The van der Waals surface area contributed by atoms with Crippen LogP contribution in [0.15, 0.2) is 17.5 Å². The quantitative estimate of drug-likeness (QED) is 0.703. The number of ether oxygens (including phenoxy) is 1. The lowest BCUT2D eigenvalue weighted by molar-refractivity contribution is 0.135. The number of thiophene rings is 1. The van der Waals surface area contributed by atoms with E-state index in [1.54, 1.807) is 11.3 Å². The van der Waals surface area contributed by atoms with Gasteiger partial charge in [0.1, 0.15) is 0 Å². The second-order valence-electron chi connectivity index (χ2n) is 3.30. The third-order valence-electron chi connectivity index (χ3n) is 2.02. The second-order valence-corrected chi connectivity index (χ2v) is 4.28. The van der Waals surface area contributed by atoms with Gasteiger partial charge in [0.15, 0.2) is 0 Å². The first-order valence-electron chi connectivity index (χ1n) is 5.19. The molecule has 3 heteroatoms. The highest BCUT2D eigenvalue weighted by Crippen LogP contribution is 2.17. The van der Waals surface area contributed by atoms with Crippen molar-refractivity contribution in [3.63, 3.8) is 0 Å². The summed E-state index contributed by atoms with van der Waals surface area (Å²) in [5.41, 5.74) is 0. The van der Waals surface area contributed by atoms with Crippen molar-refractivity contribution < 1.29 is 4.74 Å². The van der Waals surface area contributed by atoms with E-state index >= 15 is 0 Å². The zero-order chi connectivity index (χ0) is 10.2. The second kappa shape index (κ2) is 6.98. The lowest BCUT2D eigenvalue weighted by Crippen LogP contribution is -2.22. The number of rotatable bonds is 7. The maximum atomic E-state index is 5.39. The van der Waals surface area contributed by atoms with Gasteiger partial charge >= 0.3 is 0 Å². The average Bonchev–Trinajstić information content (AvgIpc) is 2.70. The van der Waals surface area contributed by atoms with Gasteiger partial charge in [-0.05, 0) is 24.8 Å². The summed E-state index contributed by atoms with van der Waals surface area (Å²) in [5, 5.41) is 5.54. The molecule has 1 rings (SSSR count). The fourth-order valence-electron chi connectivity index (χ4n) is 1.23. The first kappa shape index (κ1) is 11.7. The van der Waals surface area contributed by atoms with E-state index in [1.165, 1.54) is 4.88 Å². The van der Waals surface area contributed by atoms with Crippen LogP contribution >= 0.6 is 11.3 Å². The summed E-state index contributed by atoms with van der Waals surface area (Å²) < 4.78 is 5.39.